The SMILES string of the molecule is CCOC(=O)CC/C=C/c1cc(F)ccc1[C@@H](C)OC[C@H](O)CNC(C)(C)CC1Cc2ccccc2C1. The minimum atomic E-state index is -0.661. The molecule has 1 aliphatic rings. The van der Waals surface area contributed by atoms with Crippen molar-refractivity contribution >= 4 is 12.0 Å². The second-order valence-corrected chi connectivity index (χ2v) is 10.7. The summed E-state index contributed by atoms with van der Waals surface area (Å²) in [5.41, 5.74) is 4.34. The number of rotatable bonds is 14. The Hall–Kier alpha value is -2.54. The quantitative estimate of drug-likeness (QED) is 0.314. The van der Waals surface area contributed by atoms with Crippen molar-refractivity contribution in [3.05, 3.63) is 76.6 Å². The Balaban J connectivity index is 1.45. The molecule has 2 N–H and O–H groups in total. The van der Waals surface area contributed by atoms with Gasteiger partial charge in [0.15, 0.2) is 0 Å². The second kappa shape index (κ2) is 13.8. The summed E-state index contributed by atoms with van der Waals surface area (Å²) in [5.74, 6) is 0.0239. The molecule has 6 heteroatoms. The third kappa shape index (κ3) is 9.37. The van der Waals surface area contributed by atoms with Crippen molar-refractivity contribution in [3.63, 3.8) is 0 Å². The minimum Gasteiger partial charge on any atom is -0.466 e. The number of esters is 1. The maximum atomic E-state index is 13.9. The smallest absolute Gasteiger partial charge is 0.306 e. The summed E-state index contributed by atoms with van der Waals surface area (Å²) >= 11 is 0. The number of allylic oxidation sites excluding steroid dienone is 1. The number of carbonyl (C=O) groups is 1. The van der Waals surface area contributed by atoms with Gasteiger partial charge >= 0.3 is 5.97 Å². The van der Waals surface area contributed by atoms with Gasteiger partial charge in [-0.1, -0.05) is 42.5 Å². The van der Waals surface area contributed by atoms with Crippen molar-refractivity contribution in [2.24, 2.45) is 5.92 Å². The molecule has 0 amide bonds. The topological polar surface area (TPSA) is 67.8 Å². The molecule has 0 heterocycles. The number of β-amino-alcohol motifs (C(OH)–C–C–N with tert-alkyl or cyclic N) is 1. The Morgan fingerprint density at radius 2 is 1.92 bits per heavy atom. The molecule has 5 nitrogen and oxygen atoms in total. The van der Waals surface area contributed by atoms with Gasteiger partial charge in [0.2, 0.25) is 0 Å². The molecule has 1 aliphatic carbocycles. The lowest BCUT2D eigenvalue weighted by Gasteiger charge is -2.31. The molecule has 0 radical (unpaired) electrons. The molecular formula is C31H42FNO4. The van der Waals surface area contributed by atoms with Crippen LogP contribution in [-0.4, -0.2) is 42.5 Å². The van der Waals surface area contributed by atoms with Crippen LogP contribution in [0, 0.1) is 11.7 Å². The first kappa shape index (κ1) is 29.0. The highest BCUT2D eigenvalue weighted by atomic mass is 19.1. The standard InChI is InChI=1S/C31H42FNO4/c1-5-36-30(35)13-9-8-12-26-18-27(32)14-15-29(26)22(2)37-21-28(34)20-33-31(3,4)19-23-16-24-10-6-7-11-25(24)17-23/h6-8,10-12,14-15,18,22-23,28,33-34H,5,9,13,16-17,19-21H2,1-4H3/b12-8+/t22-,28-/m1/s1. The molecule has 0 saturated carbocycles. The lowest BCUT2D eigenvalue weighted by atomic mass is 9.88. The largest absolute Gasteiger partial charge is 0.466 e. The zero-order valence-corrected chi connectivity index (χ0v) is 22.6. The van der Waals surface area contributed by atoms with Gasteiger partial charge in [-0.15, -0.1) is 0 Å². The lowest BCUT2D eigenvalue weighted by Crippen LogP contribution is -2.45. The van der Waals surface area contributed by atoms with E-state index in [9.17, 15) is 14.3 Å². The van der Waals surface area contributed by atoms with Crippen LogP contribution in [0.4, 0.5) is 4.39 Å². The van der Waals surface area contributed by atoms with E-state index in [4.69, 9.17) is 9.47 Å². The van der Waals surface area contributed by atoms with Crippen LogP contribution in [0.15, 0.2) is 48.5 Å². The van der Waals surface area contributed by atoms with E-state index in [0.717, 1.165) is 24.8 Å². The van der Waals surface area contributed by atoms with Gasteiger partial charge in [0.05, 0.1) is 25.4 Å². The summed E-state index contributed by atoms with van der Waals surface area (Å²) in [4.78, 5) is 11.5. The van der Waals surface area contributed by atoms with Crippen LogP contribution in [0.1, 0.15) is 75.3 Å². The highest BCUT2D eigenvalue weighted by Crippen LogP contribution is 2.32. The number of ether oxygens (including phenoxy) is 2. The second-order valence-electron chi connectivity index (χ2n) is 10.7. The Labute approximate surface area is 221 Å². The fraction of sp³-hybridized carbons (Fsp3) is 0.516. The van der Waals surface area contributed by atoms with Crippen LogP contribution >= 0.6 is 0 Å². The number of aliphatic hydroxyl groups excluding tert-OH is 1. The van der Waals surface area contributed by atoms with Crippen LogP contribution in [0.2, 0.25) is 0 Å². The van der Waals surface area contributed by atoms with Crippen molar-refractivity contribution in [1.29, 1.82) is 0 Å². The average molecular weight is 512 g/mol. The van der Waals surface area contributed by atoms with Crippen molar-refractivity contribution in [3.8, 4) is 0 Å². The predicted octanol–water partition coefficient (Wildman–Crippen LogP) is 5.79. The number of hydrogen-bond acceptors (Lipinski definition) is 5. The fourth-order valence-electron chi connectivity index (χ4n) is 5.09. The third-order valence-electron chi connectivity index (χ3n) is 6.89. The van der Waals surface area contributed by atoms with E-state index in [1.165, 1.54) is 23.3 Å². The zero-order chi connectivity index (χ0) is 26.8. The van der Waals surface area contributed by atoms with Crippen molar-refractivity contribution in [2.75, 3.05) is 19.8 Å². The monoisotopic (exact) mass is 511 g/mol. The van der Waals surface area contributed by atoms with Crippen LogP contribution in [0.3, 0.4) is 0 Å². The molecule has 0 aromatic heterocycles. The lowest BCUT2D eigenvalue weighted by molar-refractivity contribution is -0.143. The highest BCUT2D eigenvalue weighted by Gasteiger charge is 2.28. The number of carbonyl (C=O) groups excluding carboxylic acids is 1. The van der Waals surface area contributed by atoms with Crippen molar-refractivity contribution < 1.29 is 23.8 Å². The predicted molar refractivity (Wildman–Crippen MR) is 146 cm³/mol. The summed E-state index contributed by atoms with van der Waals surface area (Å²) in [6.45, 7) is 9.00. The Morgan fingerprint density at radius 3 is 2.59 bits per heavy atom. The normalized spacial score (nSPS) is 15.6. The van der Waals surface area contributed by atoms with Gasteiger partial charge in [0, 0.05) is 18.5 Å². The maximum absolute atomic E-state index is 13.9. The molecule has 0 unspecified atom stereocenters. The molecule has 37 heavy (non-hydrogen) atoms. The molecule has 0 bridgehead atoms. The summed E-state index contributed by atoms with van der Waals surface area (Å²) in [5, 5.41) is 14.1. The van der Waals surface area contributed by atoms with Crippen LogP contribution < -0.4 is 5.32 Å². The molecule has 202 valence electrons. The summed E-state index contributed by atoms with van der Waals surface area (Å²) < 4.78 is 24.8. The first-order chi connectivity index (χ1) is 17.7. The number of aliphatic hydroxyl groups is 1. The van der Waals surface area contributed by atoms with Gasteiger partial charge in [-0.2, -0.15) is 0 Å². The van der Waals surface area contributed by atoms with Crippen molar-refractivity contribution in [2.45, 2.75) is 77.5 Å². The van der Waals surface area contributed by atoms with Crippen molar-refractivity contribution in [1.82, 2.24) is 5.32 Å². The first-order valence-electron chi connectivity index (χ1n) is 13.4. The number of hydrogen-bond donors (Lipinski definition) is 2. The highest BCUT2D eigenvalue weighted by molar-refractivity contribution is 5.69. The van der Waals surface area contributed by atoms with Gasteiger partial charge in [-0.25, -0.2) is 4.39 Å². The molecular weight excluding hydrogens is 469 g/mol. The van der Waals surface area contributed by atoms with E-state index in [-0.39, 0.29) is 36.5 Å². The molecule has 2 atom stereocenters. The molecule has 0 aliphatic heterocycles. The Morgan fingerprint density at radius 1 is 1.22 bits per heavy atom. The summed E-state index contributed by atoms with van der Waals surface area (Å²) in [6.07, 6.45) is 6.71. The van der Waals surface area contributed by atoms with Gasteiger partial charge in [0.25, 0.3) is 0 Å². The van der Waals surface area contributed by atoms with E-state index in [2.05, 4.69) is 43.4 Å². The number of nitrogens with one attached hydrogen (secondary N) is 1. The minimum absolute atomic E-state index is 0.0994. The number of halogens is 1. The van der Waals surface area contributed by atoms with Crippen LogP contribution in [0.5, 0.6) is 0 Å². The Kier molecular flexibility index (Phi) is 10.9. The van der Waals surface area contributed by atoms with Gasteiger partial charge in [-0.3, -0.25) is 4.79 Å². The van der Waals surface area contributed by atoms with E-state index in [1.54, 1.807) is 19.1 Å². The van der Waals surface area contributed by atoms with E-state index in [0.29, 0.717) is 31.1 Å². The maximum Gasteiger partial charge on any atom is 0.306 e. The molecule has 3 rings (SSSR count). The van der Waals surface area contributed by atoms with E-state index >= 15 is 0 Å². The van der Waals surface area contributed by atoms with Gasteiger partial charge < -0.3 is 19.9 Å². The number of fused-ring (bicyclic) bond motifs is 1. The van der Waals surface area contributed by atoms with Gasteiger partial charge in [0.1, 0.15) is 5.82 Å². The zero-order valence-electron chi connectivity index (χ0n) is 22.6. The Bertz CT molecular complexity index is 1030. The van der Waals surface area contributed by atoms with Crippen LogP contribution in [-0.2, 0) is 27.1 Å². The third-order valence-corrected chi connectivity index (χ3v) is 6.89. The average Bonchev–Trinajstić information content (AvgIpc) is 3.25. The van der Waals surface area contributed by atoms with Crippen LogP contribution in [0.25, 0.3) is 6.08 Å². The molecule has 2 aromatic carbocycles. The molecule has 2 aromatic rings. The van der Waals surface area contributed by atoms with Gasteiger partial charge in [-0.05, 0) is 93.7 Å². The van der Waals surface area contributed by atoms with E-state index < -0.39 is 6.10 Å². The summed E-state index contributed by atoms with van der Waals surface area (Å²) in [6, 6.07) is 13.2. The molecule has 0 spiro atoms. The number of benzene rings is 2. The first-order valence-corrected chi connectivity index (χ1v) is 13.4. The summed E-state index contributed by atoms with van der Waals surface area (Å²) in [7, 11) is 0. The van der Waals surface area contributed by atoms with E-state index in [1.807, 2.05) is 13.0 Å². The fourth-order valence-corrected chi connectivity index (χ4v) is 5.09. The molecule has 0 fully saturated rings. The molecule has 0 saturated heterocycles.